The third-order valence-electron chi connectivity index (χ3n) is 6.30. The molecular formula is C28H40FN3OS. The lowest BCUT2D eigenvalue weighted by molar-refractivity contribution is 0.0945. The molecule has 2 unspecified atom stereocenters. The smallest absolute Gasteiger partial charge is 0.252 e. The second kappa shape index (κ2) is 14.1. The van der Waals surface area contributed by atoms with Crippen LogP contribution in [-0.4, -0.2) is 35.5 Å². The summed E-state index contributed by atoms with van der Waals surface area (Å²) in [6, 6.07) is 6.71. The molecule has 0 bridgehead atoms. The van der Waals surface area contributed by atoms with Crippen LogP contribution in [0.15, 0.2) is 65.5 Å². The van der Waals surface area contributed by atoms with Crippen molar-refractivity contribution < 1.29 is 9.18 Å². The molecule has 2 N–H and O–H groups in total. The number of nitrogens with one attached hydrogen (secondary N) is 2. The van der Waals surface area contributed by atoms with Gasteiger partial charge in [0, 0.05) is 18.4 Å². The van der Waals surface area contributed by atoms with Gasteiger partial charge in [-0.3, -0.25) is 9.79 Å². The van der Waals surface area contributed by atoms with Crippen LogP contribution in [0.2, 0.25) is 0 Å². The maximum Gasteiger partial charge on any atom is 0.252 e. The lowest BCUT2D eigenvalue weighted by atomic mass is 9.86. The number of aliphatic imine (C=N–C) groups is 1. The number of amidine groups is 1. The van der Waals surface area contributed by atoms with Gasteiger partial charge in [0.25, 0.3) is 5.91 Å². The summed E-state index contributed by atoms with van der Waals surface area (Å²) in [7, 11) is 1.79. The molecule has 1 heterocycles. The van der Waals surface area contributed by atoms with Crippen LogP contribution in [-0.2, 0) is 6.42 Å². The molecule has 1 aromatic rings. The zero-order valence-corrected chi connectivity index (χ0v) is 21.9. The van der Waals surface area contributed by atoms with Crippen molar-refractivity contribution in [3.8, 4) is 0 Å². The molecule has 1 aliphatic rings. The maximum absolute atomic E-state index is 14.9. The molecule has 1 aliphatic heterocycles. The minimum atomic E-state index is -0.853. The number of hydrogen-bond acceptors (Lipinski definition) is 3. The van der Waals surface area contributed by atoms with Crippen LogP contribution in [0.25, 0.3) is 0 Å². The molecule has 2 rings (SSSR count). The Hall–Kier alpha value is -2.34. The first-order valence-electron chi connectivity index (χ1n) is 12.3. The fourth-order valence-electron chi connectivity index (χ4n) is 4.12. The molecule has 1 amide bonds. The molecule has 6 heteroatoms. The molecule has 0 saturated carbocycles. The zero-order chi connectivity index (χ0) is 25.0. The van der Waals surface area contributed by atoms with Gasteiger partial charge >= 0.3 is 0 Å². The van der Waals surface area contributed by atoms with Gasteiger partial charge in [0.2, 0.25) is 0 Å². The van der Waals surface area contributed by atoms with E-state index >= 15 is 0 Å². The Balaban J connectivity index is 1.99. The molecule has 4 nitrogen and oxygen atoms in total. The van der Waals surface area contributed by atoms with Crippen LogP contribution in [0, 0.1) is 0 Å². The number of benzene rings is 1. The summed E-state index contributed by atoms with van der Waals surface area (Å²) < 4.78 is 14.9. The summed E-state index contributed by atoms with van der Waals surface area (Å²) in [5.41, 5.74) is 2.80. The largest absolute Gasteiger partial charge is 0.356 e. The van der Waals surface area contributed by atoms with Gasteiger partial charge in [0.05, 0.1) is 11.6 Å². The van der Waals surface area contributed by atoms with Crippen LogP contribution in [0.1, 0.15) is 75.2 Å². The van der Waals surface area contributed by atoms with Gasteiger partial charge in [0.15, 0.2) is 5.17 Å². The minimum Gasteiger partial charge on any atom is -0.356 e. The summed E-state index contributed by atoms with van der Waals surface area (Å²) >= 11 is 1.73. The Labute approximate surface area is 209 Å². The SMILES string of the molecule is C=CC(NC(=O)c1ccc(CCCCC)cc1)/C(F)=C\C/C=C(\CC)C1(C)CCSC(=NC)N1. The number of halogens is 1. The van der Waals surface area contributed by atoms with E-state index in [1.54, 1.807) is 30.9 Å². The van der Waals surface area contributed by atoms with E-state index in [4.69, 9.17) is 0 Å². The van der Waals surface area contributed by atoms with Gasteiger partial charge in [-0.05, 0) is 68.4 Å². The number of carbonyl (C=O) groups excluding carboxylic acids is 1. The van der Waals surface area contributed by atoms with Crippen molar-refractivity contribution in [1.29, 1.82) is 0 Å². The zero-order valence-electron chi connectivity index (χ0n) is 21.1. The van der Waals surface area contributed by atoms with E-state index in [-0.39, 0.29) is 11.4 Å². The van der Waals surface area contributed by atoms with E-state index in [9.17, 15) is 9.18 Å². The molecule has 1 aromatic carbocycles. The van der Waals surface area contributed by atoms with Crippen molar-refractivity contribution >= 4 is 22.8 Å². The highest BCUT2D eigenvalue weighted by Crippen LogP contribution is 2.31. The lowest BCUT2D eigenvalue weighted by Gasteiger charge is -2.38. The quantitative estimate of drug-likeness (QED) is 0.254. The number of thioether (sulfide) groups is 1. The molecular weight excluding hydrogens is 445 g/mol. The molecule has 2 atom stereocenters. The highest BCUT2D eigenvalue weighted by molar-refractivity contribution is 8.13. The first kappa shape index (κ1) is 27.9. The van der Waals surface area contributed by atoms with E-state index < -0.39 is 11.9 Å². The van der Waals surface area contributed by atoms with Crippen LogP contribution >= 0.6 is 11.8 Å². The molecule has 0 aromatic heterocycles. The average molecular weight is 486 g/mol. The average Bonchev–Trinajstić information content (AvgIpc) is 2.85. The third-order valence-corrected chi connectivity index (χ3v) is 7.26. The van der Waals surface area contributed by atoms with Gasteiger partial charge in [-0.25, -0.2) is 4.39 Å². The summed E-state index contributed by atoms with van der Waals surface area (Å²) in [6.45, 7) is 10.2. The van der Waals surface area contributed by atoms with Gasteiger partial charge in [-0.2, -0.15) is 0 Å². The highest BCUT2D eigenvalue weighted by atomic mass is 32.2. The number of rotatable bonds is 12. The Morgan fingerprint density at radius 3 is 2.65 bits per heavy atom. The number of unbranched alkanes of at least 4 members (excludes halogenated alkanes) is 2. The standard InChI is InChI=1S/C28H40FN3OS/c1-6-9-10-12-21-15-17-22(18-16-21)26(33)31-25(8-3)24(29)14-11-13-23(7-2)28(4)19-20-34-27(30-5)32-28/h8,13-18,25H,3,6-7,9-12,19-20H2,1-2,4-5H3,(H,30,32)(H,31,33)/b23-13+,24-14+. The Bertz CT molecular complexity index is 907. The fraction of sp³-hybridized carbons (Fsp3) is 0.500. The fourth-order valence-corrected chi connectivity index (χ4v) is 5.25. The van der Waals surface area contributed by atoms with E-state index in [1.165, 1.54) is 36.1 Å². The van der Waals surface area contributed by atoms with Gasteiger partial charge in [-0.1, -0.05) is 62.7 Å². The number of hydrogen-bond donors (Lipinski definition) is 2. The first-order valence-corrected chi connectivity index (χ1v) is 13.3. The summed E-state index contributed by atoms with van der Waals surface area (Å²) in [6.07, 6.45) is 11.9. The number of allylic oxidation sites excluding steroid dienone is 2. The highest BCUT2D eigenvalue weighted by Gasteiger charge is 2.32. The predicted molar refractivity (Wildman–Crippen MR) is 145 cm³/mol. The minimum absolute atomic E-state index is 0.173. The number of nitrogens with zero attached hydrogens (tertiary/aromatic N) is 1. The summed E-state index contributed by atoms with van der Waals surface area (Å²) in [5.74, 6) is 0.294. The van der Waals surface area contributed by atoms with Crippen molar-refractivity contribution in [2.75, 3.05) is 12.8 Å². The topological polar surface area (TPSA) is 53.5 Å². The predicted octanol–water partition coefficient (Wildman–Crippen LogP) is 6.75. The number of amides is 1. The van der Waals surface area contributed by atoms with E-state index in [0.29, 0.717) is 12.0 Å². The Kier molecular flexibility index (Phi) is 11.6. The summed E-state index contributed by atoms with van der Waals surface area (Å²) in [4.78, 5) is 16.9. The molecule has 0 radical (unpaired) electrons. The van der Waals surface area contributed by atoms with Crippen LogP contribution in [0.5, 0.6) is 0 Å². The second-order valence-electron chi connectivity index (χ2n) is 8.83. The molecule has 1 fully saturated rings. The summed E-state index contributed by atoms with van der Waals surface area (Å²) in [5, 5.41) is 7.20. The molecule has 0 aliphatic carbocycles. The van der Waals surface area contributed by atoms with Gasteiger partial charge in [0.1, 0.15) is 5.83 Å². The number of carbonyl (C=O) groups is 1. The van der Waals surface area contributed by atoms with Crippen molar-refractivity contribution in [2.45, 2.75) is 77.3 Å². The normalized spacial score (nSPS) is 21.1. The molecule has 186 valence electrons. The molecule has 34 heavy (non-hydrogen) atoms. The van der Waals surface area contributed by atoms with Crippen molar-refractivity contribution in [3.05, 3.63) is 71.6 Å². The van der Waals surface area contributed by atoms with E-state index in [1.807, 2.05) is 12.1 Å². The van der Waals surface area contributed by atoms with Crippen molar-refractivity contribution in [2.24, 2.45) is 4.99 Å². The Morgan fingerprint density at radius 1 is 1.29 bits per heavy atom. The maximum atomic E-state index is 14.9. The second-order valence-corrected chi connectivity index (χ2v) is 9.92. The van der Waals surface area contributed by atoms with E-state index in [2.05, 4.69) is 49.1 Å². The third kappa shape index (κ3) is 8.15. The van der Waals surface area contributed by atoms with Gasteiger partial charge < -0.3 is 10.6 Å². The van der Waals surface area contributed by atoms with Crippen LogP contribution in [0.4, 0.5) is 4.39 Å². The van der Waals surface area contributed by atoms with Crippen molar-refractivity contribution in [3.63, 3.8) is 0 Å². The van der Waals surface area contributed by atoms with Crippen LogP contribution < -0.4 is 10.6 Å². The lowest BCUT2D eigenvalue weighted by Crippen LogP contribution is -2.50. The van der Waals surface area contributed by atoms with E-state index in [0.717, 1.165) is 36.6 Å². The molecule has 0 spiro atoms. The first-order chi connectivity index (χ1) is 16.4. The van der Waals surface area contributed by atoms with Gasteiger partial charge in [-0.15, -0.1) is 6.58 Å². The van der Waals surface area contributed by atoms with Crippen molar-refractivity contribution in [1.82, 2.24) is 10.6 Å². The number of aryl methyl sites for hydroxylation is 1. The monoisotopic (exact) mass is 485 g/mol. The Morgan fingerprint density at radius 2 is 2.03 bits per heavy atom. The molecule has 1 saturated heterocycles. The van der Waals surface area contributed by atoms with Crippen LogP contribution in [0.3, 0.4) is 0 Å².